The largest absolute Gasteiger partial charge is 0.493 e. The standard InChI is InChI=1S/C26H26ClIN2O5/c1-4-33-23-14-19(8-11-22(23)32-3)26(31)30-29-15-18-12-21(28)25(24(13-18)34-5-2)35-16-17-6-9-20(27)10-7-17/h6-15H,4-5,16H2,1-3H3,(H,30,31)/b29-15+. The summed E-state index contributed by atoms with van der Waals surface area (Å²) in [6.45, 7) is 5.08. The van der Waals surface area contributed by atoms with E-state index in [9.17, 15) is 4.79 Å². The molecule has 1 amide bonds. The van der Waals surface area contributed by atoms with Crippen molar-refractivity contribution in [2.45, 2.75) is 20.5 Å². The number of hydrogen-bond acceptors (Lipinski definition) is 6. The average molecular weight is 609 g/mol. The maximum absolute atomic E-state index is 12.5. The maximum atomic E-state index is 12.5. The van der Waals surface area contributed by atoms with Gasteiger partial charge < -0.3 is 18.9 Å². The van der Waals surface area contributed by atoms with E-state index in [-0.39, 0.29) is 5.91 Å². The third kappa shape index (κ3) is 7.50. The van der Waals surface area contributed by atoms with Crippen molar-refractivity contribution in [2.24, 2.45) is 5.10 Å². The molecule has 3 aromatic rings. The van der Waals surface area contributed by atoms with Gasteiger partial charge in [0.25, 0.3) is 5.91 Å². The molecule has 0 radical (unpaired) electrons. The fraction of sp³-hybridized carbons (Fsp3) is 0.231. The van der Waals surface area contributed by atoms with E-state index in [1.54, 1.807) is 31.5 Å². The number of amides is 1. The van der Waals surface area contributed by atoms with E-state index in [1.807, 2.05) is 50.2 Å². The Morgan fingerprint density at radius 2 is 1.69 bits per heavy atom. The maximum Gasteiger partial charge on any atom is 0.271 e. The van der Waals surface area contributed by atoms with Crippen LogP contribution in [0.2, 0.25) is 5.02 Å². The third-order valence-corrected chi connectivity index (χ3v) is 5.79. The number of halogens is 2. The van der Waals surface area contributed by atoms with E-state index in [2.05, 4.69) is 33.1 Å². The van der Waals surface area contributed by atoms with Crippen molar-refractivity contribution in [1.82, 2.24) is 5.43 Å². The van der Waals surface area contributed by atoms with E-state index in [1.165, 1.54) is 0 Å². The summed E-state index contributed by atoms with van der Waals surface area (Å²) in [5.41, 5.74) is 4.69. The minimum atomic E-state index is -0.368. The number of methoxy groups -OCH3 is 1. The highest BCUT2D eigenvalue weighted by molar-refractivity contribution is 14.1. The van der Waals surface area contributed by atoms with Crippen molar-refractivity contribution in [1.29, 1.82) is 0 Å². The van der Waals surface area contributed by atoms with Gasteiger partial charge in [-0.2, -0.15) is 5.10 Å². The average Bonchev–Trinajstić information content (AvgIpc) is 2.85. The monoisotopic (exact) mass is 608 g/mol. The van der Waals surface area contributed by atoms with Crippen LogP contribution in [-0.2, 0) is 6.61 Å². The Balaban J connectivity index is 1.71. The van der Waals surface area contributed by atoms with Gasteiger partial charge in [0.2, 0.25) is 0 Å². The van der Waals surface area contributed by atoms with Gasteiger partial charge in [-0.1, -0.05) is 23.7 Å². The van der Waals surface area contributed by atoms with Crippen molar-refractivity contribution in [3.05, 3.63) is 79.9 Å². The first kappa shape index (κ1) is 26.6. The normalized spacial score (nSPS) is 10.8. The minimum absolute atomic E-state index is 0.368. The van der Waals surface area contributed by atoms with Gasteiger partial charge in [0.1, 0.15) is 6.61 Å². The van der Waals surface area contributed by atoms with Crippen LogP contribution in [0, 0.1) is 3.57 Å². The van der Waals surface area contributed by atoms with E-state index in [0.29, 0.717) is 53.4 Å². The molecule has 0 aliphatic carbocycles. The van der Waals surface area contributed by atoms with Crippen molar-refractivity contribution < 1.29 is 23.7 Å². The molecule has 3 aromatic carbocycles. The Labute approximate surface area is 223 Å². The number of carbonyl (C=O) groups excluding carboxylic acids is 1. The lowest BCUT2D eigenvalue weighted by atomic mass is 10.2. The highest BCUT2D eigenvalue weighted by Gasteiger charge is 2.13. The molecular weight excluding hydrogens is 583 g/mol. The molecule has 184 valence electrons. The van der Waals surface area contributed by atoms with E-state index in [0.717, 1.165) is 14.7 Å². The molecule has 35 heavy (non-hydrogen) atoms. The van der Waals surface area contributed by atoms with Crippen molar-refractivity contribution >= 4 is 46.3 Å². The summed E-state index contributed by atoms with van der Waals surface area (Å²) >= 11 is 8.15. The second-order valence-electron chi connectivity index (χ2n) is 7.18. The fourth-order valence-corrected chi connectivity index (χ4v) is 4.02. The first-order valence-corrected chi connectivity index (χ1v) is 12.4. The first-order valence-electron chi connectivity index (χ1n) is 10.9. The molecule has 0 spiro atoms. The molecule has 0 fully saturated rings. The van der Waals surface area contributed by atoms with Crippen LogP contribution in [0.5, 0.6) is 23.0 Å². The molecule has 0 bridgehead atoms. The molecule has 0 heterocycles. The van der Waals surface area contributed by atoms with Crippen molar-refractivity contribution in [3.8, 4) is 23.0 Å². The van der Waals surface area contributed by atoms with Gasteiger partial charge in [-0.05, 0) is 90.0 Å². The first-order chi connectivity index (χ1) is 16.9. The highest BCUT2D eigenvalue weighted by atomic mass is 127. The van der Waals surface area contributed by atoms with Crippen LogP contribution in [0.15, 0.2) is 59.7 Å². The Morgan fingerprint density at radius 1 is 0.971 bits per heavy atom. The number of benzene rings is 3. The molecule has 1 N–H and O–H groups in total. The molecule has 0 unspecified atom stereocenters. The number of rotatable bonds is 11. The van der Waals surface area contributed by atoms with Gasteiger partial charge in [0, 0.05) is 10.6 Å². The van der Waals surface area contributed by atoms with Gasteiger partial charge in [-0.25, -0.2) is 5.43 Å². The summed E-state index contributed by atoms with van der Waals surface area (Å²) in [5.74, 6) is 1.93. The van der Waals surface area contributed by atoms with Crippen molar-refractivity contribution in [3.63, 3.8) is 0 Å². The minimum Gasteiger partial charge on any atom is -0.493 e. The molecule has 3 rings (SSSR count). The van der Waals surface area contributed by atoms with Gasteiger partial charge in [0.15, 0.2) is 23.0 Å². The quantitative estimate of drug-likeness (QED) is 0.162. The predicted molar refractivity (Wildman–Crippen MR) is 145 cm³/mol. The fourth-order valence-electron chi connectivity index (χ4n) is 3.12. The summed E-state index contributed by atoms with van der Waals surface area (Å²) in [4.78, 5) is 12.5. The SMILES string of the molecule is CCOc1cc(C(=O)N/N=C/c2cc(I)c(OCc3ccc(Cl)cc3)c(OCC)c2)ccc1OC. The smallest absolute Gasteiger partial charge is 0.271 e. The number of nitrogens with zero attached hydrogens (tertiary/aromatic N) is 1. The molecule has 0 saturated heterocycles. The van der Waals surface area contributed by atoms with E-state index in [4.69, 9.17) is 30.5 Å². The summed E-state index contributed by atoms with van der Waals surface area (Å²) in [7, 11) is 1.55. The number of hydrogen-bond donors (Lipinski definition) is 1. The molecule has 7 nitrogen and oxygen atoms in total. The summed E-state index contributed by atoms with van der Waals surface area (Å²) in [6.07, 6.45) is 1.55. The zero-order valence-corrected chi connectivity index (χ0v) is 22.6. The number of hydrazone groups is 1. The van der Waals surface area contributed by atoms with Crippen LogP contribution in [-0.4, -0.2) is 32.4 Å². The lowest BCUT2D eigenvalue weighted by Gasteiger charge is -2.15. The summed E-state index contributed by atoms with van der Waals surface area (Å²) in [6, 6.07) is 16.2. The van der Waals surface area contributed by atoms with E-state index >= 15 is 0 Å². The molecule has 0 saturated carbocycles. The third-order valence-electron chi connectivity index (χ3n) is 4.73. The summed E-state index contributed by atoms with van der Waals surface area (Å²) < 4.78 is 23.5. The number of ether oxygens (including phenoxy) is 4. The molecule has 0 aromatic heterocycles. The molecule has 9 heteroatoms. The molecule has 0 aliphatic heterocycles. The lowest BCUT2D eigenvalue weighted by molar-refractivity contribution is 0.0954. The molecule has 0 aliphatic rings. The van der Waals surface area contributed by atoms with Crippen LogP contribution in [0.3, 0.4) is 0 Å². The Morgan fingerprint density at radius 3 is 2.37 bits per heavy atom. The van der Waals surface area contributed by atoms with Gasteiger partial charge in [-0.3, -0.25) is 4.79 Å². The van der Waals surface area contributed by atoms with Gasteiger partial charge in [-0.15, -0.1) is 0 Å². The second kappa shape index (κ2) is 13.2. The Hall–Kier alpha value is -2.98. The number of nitrogens with one attached hydrogen (secondary N) is 1. The molecular formula is C26H26ClIN2O5. The van der Waals surface area contributed by atoms with Crippen LogP contribution < -0.4 is 24.4 Å². The zero-order valence-electron chi connectivity index (χ0n) is 19.6. The second-order valence-corrected chi connectivity index (χ2v) is 8.77. The van der Waals surface area contributed by atoms with E-state index < -0.39 is 0 Å². The number of carbonyl (C=O) groups is 1. The van der Waals surface area contributed by atoms with Crippen LogP contribution in [0.25, 0.3) is 0 Å². The van der Waals surface area contributed by atoms with Crippen molar-refractivity contribution in [2.75, 3.05) is 20.3 Å². The summed E-state index contributed by atoms with van der Waals surface area (Å²) in [5, 5.41) is 4.78. The molecule has 0 atom stereocenters. The zero-order chi connectivity index (χ0) is 25.2. The van der Waals surface area contributed by atoms with Crippen LogP contribution in [0.1, 0.15) is 35.3 Å². The Bertz CT molecular complexity index is 1190. The lowest BCUT2D eigenvalue weighted by Crippen LogP contribution is -2.17. The topological polar surface area (TPSA) is 78.4 Å². The Kier molecular flexibility index (Phi) is 10.0. The van der Waals surface area contributed by atoms with Crippen LogP contribution >= 0.6 is 34.2 Å². The van der Waals surface area contributed by atoms with Gasteiger partial charge in [0.05, 0.1) is 30.1 Å². The van der Waals surface area contributed by atoms with Crippen LogP contribution in [0.4, 0.5) is 0 Å². The van der Waals surface area contributed by atoms with Gasteiger partial charge >= 0.3 is 0 Å². The predicted octanol–water partition coefficient (Wildman–Crippen LogP) is 6.09. The highest BCUT2D eigenvalue weighted by Crippen LogP contribution is 2.34.